The number of hydrogen-bond donors (Lipinski definition) is 2. The third-order valence-corrected chi connectivity index (χ3v) is 6.30. The molecule has 0 spiro atoms. The van der Waals surface area contributed by atoms with Gasteiger partial charge in [-0.3, -0.25) is 14.2 Å². The lowest BCUT2D eigenvalue weighted by Crippen LogP contribution is -2.34. The molecular formula is C22H21ClN4O7S2. The van der Waals surface area contributed by atoms with Gasteiger partial charge < -0.3 is 19.5 Å². The Morgan fingerprint density at radius 1 is 1.17 bits per heavy atom. The summed E-state index contributed by atoms with van der Waals surface area (Å²) in [7, 11) is -4.44. The number of halogens is 1. The third kappa shape index (κ3) is 5.67. The topological polar surface area (TPSA) is 133 Å². The van der Waals surface area contributed by atoms with Crippen LogP contribution in [0.2, 0.25) is 5.02 Å². The van der Waals surface area contributed by atoms with Gasteiger partial charge in [-0.25, -0.2) is 9.88 Å². The number of fused-ring (bicyclic) bond motifs is 1. The van der Waals surface area contributed by atoms with Crippen LogP contribution in [-0.4, -0.2) is 71.2 Å². The van der Waals surface area contributed by atoms with E-state index in [0.717, 1.165) is 0 Å². The molecule has 2 N–H and O–H groups in total. The van der Waals surface area contributed by atoms with Crippen LogP contribution in [0.3, 0.4) is 0 Å². The van der Waals surface area contributed by atoms with Gasteiger partial charge in [0.2, 0.25) is 5.88 Å². The summed E-state index contributed by atoms with van der Waals surface area (Å²) in [6, 6.07) is 9.70. The molecule has 1 amide bonds. The number of benzene rings is 1. The van der Waals surface area contributed by atoms with Crippen LogP contribution < -0.4 is 14.5 Å². The first kappa shape index (κ1) is 26.0. The van der Waals surface area contributed by atoms with Crippen LogP contribution in [0.25, 0.3) is 0 Å². The van der Waals surface area contributed by atoms with Crippen molar-refractivity contribution in [2.75, 3.05) is 42.0 Å². The van der Waals surface area contributed by atoms with Crippen molar-refractivity contribution in [3.63, 3.8) is 0 Å². The van der Waals surface area contributed by atoms with Crippen LogP contribution in [0.15, 0.2) is 66.3 Å². The van der Waals surface area contributed by atoms with Gasteiger partial charge in [-0.05, 0) is 48.6 Å². The lowest BCUT2D eigenvalue weighted by molar-refractivity contribution is -0.114. The fourth-order valence-electron chi connectivity index (χ4n) is 3.57. The standard InChI is InChI=1S/C22H21ClN4O7S2/c23-15-4-6-18-17(13-15)26(14-36(30,31)32)20(34-18)7-5-16-21(29)27(19-3-1-2-8-24-19)22(35)25(16)9-11-33-12-10-28/h1-8,13,28H,9-12,14H2,(H,30,31,32)/b16-5+,20-7-. The molecule has 14 heteroatoms. The maximum absolute atomic E-state index is 13.4. The van der Waals surface area contributed by atoms with E-state index in [-0.39, 0.29) is 43.1 Å². The summed E-state index contributed by atoms with van der Waals surface area (Å²) in [4.78, 5) is 21.6. The highest BCUT2D eigenvalue weighted by molar-refractivity contribution is 7.85. The van der Waals surface area contributed by atoms with Crippen molar-refractivity contribution in [2.45, 2.75) is 0 Å². The maximum Gasteiger partial charge on any atom is 0.283 e. The van der Waals surface area contributed by atoms with Crippen LogP contribution in [0.4, 0.5) is 11.5 Å². The zero-order chi connectivity index (χ0) is 25.9. The van der Waals surface area contributed by atoms with Gasteiger partial charge >= 0.3 is 0 Å². The van der Waals surface area contributed by atoms with Crippen molar-refractivity contribution in [3.05, 3.63) is 71.3 Å². The van der Waals surface area contributed by atoms with Crippen molar-refractivity contribution in [2.24, 2.45) is 0 Å². The summed E-state index contributed by atoms with van der Waals surface area (Å²) in [5, 5.41) is 9.47. The fraction of sp³-hybridized carbons (Fsp3) is 0.227. The number of aliphatic hydroxyl groups excluding tert-OH is 1. The van der Waals surface area contributed by atoms with Gasteiger partial charge in [-0.2, -0.15) is 8.42 Å². The average molecular weight is 553 g/mol. The van der Waals surface area contributed by atoms with Crippen LogP contribution in [-0.2, 0) is 19.6 Å². The second-order valence-corrected chi connectivity index (χ2v) is 9.73. The van der Waals surface area contributed by atoms with E-state index in [0.29, 0.717) is 22.3 Å². The predicted molar refractivity (Wildman–Crippen MR) is 136 cm³/mol. The zero-order valence-corrected chi connectivity index (χ0v) is 21.0. The smallest absolute Gasteiger partial charge is 0.283 e. The minimum atomic E-state index is -4.44. The number of aliphatic hydroxyl groups is 1. The van der Waals surface area contributed by atoms with Crippen LogP contribution in [0.5, 0.6) is 5.75 Å². The molecule has 0 unspecified atom stereocenters. The second kappa shape index (κ2) is 10.9. The molecule has 36 heavy (non-hydrogen) atoms. The average Bonchev–Trinajstić information content (AvgIpc) is 3.28. The predicted octanol–water partition coefficient (Wildman–Crippen LogP) is 2.15. The van der Waals surface area contributed by atoms with Gasteiger partial charge in [0.1, 0.15) is 11.5 Å². The molecule has 1 saturated heterocycles. The number of rotatable bonds is 9. The Bertz CT molecular complexity index is 1340. The number of hydrogen-bond acceptors (Lipinski definition) is 9. The van der Waals surface area contributed by atoms with Gasteiger partial charge in [0.05, 0.1) is 25.5 Å². The molecule has 0 radical (unpaired) electrons. The highest BCUT2D eigenvalue weighted by Gasteiger charge is 2.39. The van der Waals surface area contributed by atoms with E-state index in [9.17, 15) is 17.8 Å². The molecule has 1 fully saturated rings. The molecule has 1 aromatic heterocycles. The van der Waals surface area contributed by atoms with E-state index >= 15 is 0 Å². The number of pyridine rings is 1. The molecule has 0 atom stereocenters. The molecule has 0 bridgehead atoms. The van der Waals surface area contributed by atoms with Crippen molar-refractivity contribution in [1.82, 2.24) is 9.88 Å². The number of amides is 1. The molecule has 4 rings (SSSR count). The number of allylic oxidation sites excluding steroid dienone is 2. The summed E-state index contributed by atoms with van der Waals surface area (Å²) >= 11 is 11.6. The highest BCUT2D eigenvalue weighted by atomic mass is 35.5. The Labute approximate surface area is 217 Å². The number of aromatic nitrogens is 1. The van der Waals surface area contributed by atoms with Crippen LogP contribution in [0.1, 0.15) is 0 Å². The van der Waals surface area contributed by atoms with E-state index in [1.165, 1.54) is 34.2 Å². The van der Waals surface area contributed by atoms with Crippen molar-refractivity contribution < 1.29 is 32.3 Å². The fourth-order valence-corrected chi connectivity index (χ4v) is 4.70. The number of anilines is 2. The lowest BCUT2D eigenvalue weighted by Gasteiger charge is -2.19. The Morgan fingerprint density at radius 3 is 2.67 bits per heavy atom. The second-order valence-electron chi connectivity index (χ2n) is 7.51. The minimum absolute atomic E-state index is 0.0453. The molecule has 1 aromatic carbocycles. The number of nitrogens with zero attached hydrogens (tertiary/aromatic N) is 4. The summed E-state index contributed by atoms with van der Waals surface area (Å²) in [6.07, 6.45) is 4.37. The quantitative estimate of drug-likeness (QED) is 0.205. The summed E-state index contributed by atoms with van der Waals surface area (Å²) in [5.41, 5.74) is 0.498. The Hall–Kier alpha value is -3.07. The number of carbonyl (C=O) groups excluding carboxylic acids is 1. The van der Waals surface area contributed by atoms with Crippen molar-refractivity contribution >= 4 is 56.5 Å². The van der Waals surface area contributed by atoms with Crippen LogP contribution in [0, 0.1) is 0 Å². The summed E-state index contributed by atoms with van der Waals surface area (Å²) in [5.74, 6) is -0.552. The van der Waals surface area contributed by atoms with Gasteiger partial charge in [0, 0.05) is 23.8 Å². The molecule has 11 nitrogen and oxygen atoms in total. The molecule has 0 aliphatic carbocycles. The van der Waals surface area contributed by atoms with Gasteiger partial charge in [0.15, 0.2) is 16.7 Å². The largest absolute Gasteiger partial charge is 0.439 e. The monoisotopic (exact) mass is 552 g/mol. The van der Waals surface area contributed by atoms with Crippen LogP contribution >= 0.6 is 23.8 Å². The van der Waals surface area contributed by atoms with E-state index < -0.39 is 21.9 Å². The van der Waals surface area contributed by atoms with E-state index in [1.54, 1.807) is 35.2 Å². The third-order valence-electron chi connectivity index (χ3n) is 5.08. The van der Waals surface area contributed by atoms with Crippen molar-refractivity contribution in [3.8, 4) is 5.75 Å². The Balaban J connectivity index is 1.70. The zero-order valence-electron chi connectivity index (χ0n) is 18.7. The molecule has 0 saturated carbocycles. The molecular weight excluding hydrogens is 532 g/mol. The molecule has 2 aromatic rings. The van der Waals surface area contributed by atoms with Gasteiger partial charge in [-0.15, -0.1) is 0 Å². The van der Waals surface area contributed by atoms with Crippen molar-refractivity contribution in [1.29, 1.82) is 0 Å². The normalized spacial score (nSPS) is 17.9. The Kier molecular flexibility index (Phi) is 7.88. The Morgan fingerprint density at radius 2 is 1.97 bits per heavy atom. The van der Waals surface area contributed by atoms with Gasteiger partial charge in [-0.1, -0.05) is 17.7 Å². The molecule has 2 aliphatic heterocycles. The maximum atomic E-state index is 13.4. The summed E-state index contributed by atoms with van der Waals surface area (Å²) in [6.45, 7) is 0.353. The molecule has 190 valence electrons. The first-order chi connectivity index (χ1) is 17.2. The SMILES string of the molecule is O=C1/C(=C\C=C2/Oc3ccc(Cl)cc3N2CS(=O)(=O)O)N(CCOCCO)C(=S)N1c1ccccn1. The number of ether oxygens (including phenoxy) is 2. The van der Waals surface area contributed by atoms with E-state index in [1.807, 2.05) is 0 Å². The first-order valence-corrected chi connectivity index (χ1v) is 13.0. The molecule has 3 heterocycles. The number of carbonyl (C=O) groups is 1. The van der Waals surface area contributed by atoms with E-state index in [4.69, 9.17) is 38.4 Å². The summed E-state index contributed by atoms with van der Waals surface area (Å²) < 4.78 is 43.9. The lowest BCUT2D eigenvalue weighted by atomic mass is 10.3. The van der Waals surface area contributed by atoms with Gasteiger partial charge in [0.25, 0.3) is 16.0 Å². The minimum Gasteiger partial charge on any atom is -0.439 e. The number of thiocarbonyl (C=S) groups is 1. The highest BCUT2D eigenvalue weighted by Crippen LogP contribution is 2.41. The first-order valence-electron chi connectivity index (χ1n) is 10.6. The molecule has 2 aliphatic rings. The van der Waals surface area contributed by atoms with E-state index in [2.05, 4.69) is 4.98 Å².